The average Bonchev–Trinajstić information content (AvgIpc) is 3.00. The quantitative estimate of drug-likeness (QED) is 0.675. The van der Waals surface area contributed by atoms with Crippen molar-refractivity contribution in [2.45, 2.75) is 12.5 Å². The van der Waals surface area contributed by atoms with E-state index >= 15 is 0 Å². The molecule has 0 radical (unpaired) electrons. The van der Waals surface area contributed by atoms with Gasteiger partial charge in [0.1, 0.15) is 5.82 Å². The van der Waals surface area contributed by atoms with E-state index < -0.39 is 9.84 Å². The highest BCUT2D eigenvalue weighted by atomic mass is 32.2. The molecule has 0 saturated carbocycles. The van der Waals surface area contributed by atoms with Crippen LogP contribution in [0.1, 0.15) is 16.8 Å². The van der Waals surface area contributed by atoms with Crippen molar-refractivity contribution in [2.75, 3.05) is 49.6 Å². The Labute approximate surface area is 147 Å². The predicted octanol–water partition coefficient (Wildman–Crippen LogP) is -0.381. The first-order valence-electron chi connectivity index (χ1n) is 8.27. The summed E-state index contributed by atoms with van der Waals surface area (Å²) in [6.45, 7) is 2.08. The van der Waals surface area contributed by atoms with E-state index in [-0.39, 0.29) is 23.5 Å². The summed E-state index contributed by atoms with van der Waals surface area (Å²) in [7, 11) is -1.17. The van der Waals surface area contributed by atoms with E-state index in [1.807, 2.05) is 11.9 Å². The molecule has 0 N–H and O–H groups in total. The largest absolute Gasteiger partial charge is 0.356 e. The lowest BCUT2D eigenvalue weighted by atomic mass is 10.2. The summed E-state index contributed by atoms with van der Waals surface area (Å²) in [5, 5.41) is 0. The molecule has 0 bridgehead atoms. The maximum atomic E-state index is 12.7. The zero-order chi connectivity index (χ0) is 18.0. The third kappa shape index (κ3) is 3.92. The maximum Gasteiger partial charge on any atom is 0.254 e. The maximum absolute atomic E-state index is 12.7. The van der Waals surface area contributed by atoms with E-state index in [4.69, 9.17) is 0 Å². The van der Waals surface area contributed by atoms with Gasteiger partial charge in [0, 0.05) is 51.0 Å². The van der Waals surface area contributed by atoms with Crippen LogP contribution in [0.15, 0.2) is 18.3 Å². The van der Waals surface area contributed by atoms with Crippen LogP contribution in [0.2, 0.25) is 0 Å². The number of piperazine rings is 1. The minimum absolute atomic E-state index is 0.0957. The Bertz CT molecular complexity index is 759. The van der Waals surface area contributed by atoms with Crippen LogP contribution in [-0.4, -0.2) is 86.3 Å². The molecule has 9 heteroatoms. The highest BCUT2D eigenvalue weighted by molar-refractivity contribution is 7.91. The number of sulfone groups is 1. The van der Waals surface area contributed by atoms with Gasteiger partial charge in [0.15, 0.2) is 9.84 Å². The molecule has 2 amide bonds. The standard InChI is InChI=1S/C16H22N4O4S/c1-18(14-3-9-25(23,24)11-14)15-10-13(2-4-17-15)16(22)20-7-5-19(12-21)6-8-20/h2,4,10,12,14H,3,5-9,11H2,1H3. The smallest absolute Gasteiger partial charge is 0.254 e. The van der Waals surface area contributed by atoms with E-state index in [0.717, 1.165) is 6.41 Å². The van der Waals surface area contributed by atoms with Gasteiger partial charge >= 0.3 is 0 Å². The molecule has 136 valence electrons. The van der Waals surface area contributed by atoms with Crippen molar-refractivity contribution in [1.29, 1.82) is 0 Å². The van der Waals surface area contributed by atoms with Gasteiger partial charge in [-0.3, -0.25) is 9.59 Å². The molecule has 2 fully saturated rings. The predicted molar refractivity (Wildman–Crippen MR) is 93.2 cm³/mol. The van der Waals surface area contributed by atoms with E-state index in [0.29, 0.717) is 44.0 Å². The van der Waals surface area contributed by atoms with Crippen molar-refractivity contribution in [1.82, 2.24) is 14.8 Å². The number of amides is 2. The van der Waals surface area contributed by atoms with Crippen molar-refractivity contribution in [3.63, 3.8) is 0 Å². The minimum Gasteiger partial charge on any atom is -0.356 e. The van der Waals surface area contributed by atoms with Crippen LogP contribution in [0.3, 0.4) is 0 Å². The van der Waals surface area contributed by atoms with E-state index in [2.05, 4.69) is 4.98 Å². The summed E-state index contributed by atoms with van der Waals surface area (Å²) < 4.78 is 23.3. The number of anilines is 1. The number of hydrogen-bond donors (Lipinski definition) is 0. The first kappa shape index (κ1) is 17.7. The number of carbonyl (C=O) groups excluding carboxylic acids is 2. The molecule has 2 aliphatic heterocycles. The fraction of sp³-hybridized carbons (Fsp3) is 0.562. The Morgan fingerprint density at radius 1 is 1.32 bits per heavy atom. The van der Waals surface area contributed by atoms with E-state index in [1.165, 1.54) is 0 Å². The third-order valence-corrected chi connectivity index (χ3v) is 6.61. The van der Waals surface area contributed by atoms with Crippen LogP contribution in [0.5, 0.6) is 0 Å². The second-order valence-electron chi connectivity index (χ2n) is 6.50. The van der Waals surface area contributed by atoms with Crippen LogP contribution >= 0.6 is 0 Å². The summed E-state index contributed by atoms with van der Waals surface area (Å²) in [4.78, 5) is 32.9. The van der Waals surface area contributed by atoms with Crippen LogP contribution in [0, 0.1) is 0 Å². The average molecular weight is 366 g/mol. The molecule has 1 aromatic rings. The van der Waals surface area contributed by atoms with Gasteiger partial charge in [-0.15, -0.1) is 0 Å². The molecule has 0 aromatic carbocycles. The number of carbonyl (C=O) groups is 2. The van der Waals surface area contributed by atoms with Crippen molar-refractivity contribution >= 4 is 28.0 Å². The normalized spacial score (nSPS) is 22.7. The van der Waals surface area contributed by atoms with Gasteiger partial charge in [-0.25, -0.2) is 13.4 Å². The lowest BCUT2D eigenvalue weighted by Gasteiger charge is -2.32. The summed E-state index contributed by atoms with van der Waals surface area (Å²) in [5.74, 6) is 0.819. The molecule has 1 unspecified atom stereocenters. The molecule has 25 heavy (non-hydrogen) atoms. The van der Waals surface area contributed by atoms with Crippen LogP contribution in [0.4, 0.5) is 5.82 Å². The minimum atomic E-state index is -2.98. The number of nitrogens with zero attached hydrogens (tertiary/aromatic N) is 4. The lowest BCUT2D eigenvalue weighted by molar-refractivity contribution is -0.119. The fourth-order valence-electron chi connectivity index (χ4n) is 3.23. The molecule has 0 aliphatic carbocycles. The van der Waals surface area contributed by atoms with Gasteiger partial charge in [0.25, 0.3) is 5.91 Å². The topological polar surface area (TPSA) is 90.9 Å². The Hall–Kier alpha value is -2.16. The number of aromatic nitrogens is 1. The van der Waals surface area contributed by atoms with Crippen LogP contribution in [-0.2, 0) is 14.6 Å². The second kappa shape index (κ2) is 6.99. The zero-order valence-electron chi connectivity index (χ0n) is 14.2. The molecule has 1 aromatic heterocycles. The third-order valence-electron chi connectivity index (χ3n) is 4.86. The molecular formula is C16H22N4O4S. The number of rotatable bonds is 4. The highest BCUT2D eigenvalue weighted by Gasteiger charge is 2.31. The molecule has 2 aliphatic rings. The highest BCUT2D eigenvalue weighted by Crippen LogP contribution is 2.22. The SMILES string of the molecule is CN(c1cc(C(=O)N2CCN(C=O)CC2)ccn1)C1CCS(=O)(=O)C1. The van der Waals surface area contributed by atoms with Gasteiger partial charge in [-0.1, -0.05) is 0 Å². The zero-order valence-corrected chi connectivity index (χ0v) is 15.0. The Morgan fingerprint density at radius 3 is 2.64 bits per heavy atom. The molecule has 2 saturated heterocycles. The Balaban J connectivity index is 1.71. The summed E-state index contributed by atoms with van der Waals surface area (Å²) in [5.41, 5.74) is 0.525. The summed E-state index contributed by atoms with van der Waals surface area (Å²) >= 11 is 0. The van der Waals surface area contributed by atoms with Crippen LogP contribution < -0.4 is 4.90 Å². The molecule has 0 spiro atoms. The molecule has 1 atom stereocenters. The molecule has 3 rings (SSSR count). The first-order chi connectivity index (χ1) is 11.9. The van der Waals surface area contributed by atoms with Gasteiger partial charge < -0.3 is 14.7 Å². The van der Waals surface area contributed by atoms with Crippen molar-refractivity contribution < 1.29 is 18.0 Å². The second-order valence-corrected chi connectivity index (χ2v) is 8.73. The van der Waals surface area contributed by atoms with Crippen molar-refractivity contribution in [3.05, 3.63) is 23.9 Å². The first-order valence-corrected chi connectivity index (χ1v) is 10.1. The fourth-order valence-corrected chi connectivity index (χ4v) is 5.00. The van der Waals surface area contributed by atoms with Crippen molar-refractivity contribution in [3.8, 4) is 0 Å². The van der Waals surface area contributed by atoms with Gasteiger partial charge in [0.2, 0.25) is 6.41 Å². The van der Waals surface area contributed by atoms with Crippen molar-refractivity contribution in [2.24, 2.45) is 0 Å². The monoisotopic (exact) mass is 366 g/mol. The van der Waals surface area contributed by atoms with Gasteiger partial charge in [0.05, 0.1) is 11.5 Å². The molecule has 8 nitrogen and oxygen atoms in total. The summed E-state index contributed by atoms with van der Waals surface area (Å²) in [6.07, 6.45) is 2.95. The van der Waals surface area contributed by atoms with Gasteiger partial charge in [-0.05, 0) is 18.6 Å². The molecular weight excluding hydrogens is 344 g/mol. The van der Waals surface area contributed by atoms with Gasteiger partial charge in [-0.2, -0.15) is 0 Å². The molecule has 3 heterocycles. The summed E-state index contributed by atoms with van der Waals surface area (Å²) in [6, 6.07) is 3.26. The van der Waals surface area contributed by atoms with E-state index in [9.17, 15) is 18.0 Å². The number of pyridine rings is 1. The Kier molecular flexibility index (Phi) is 4.94. The Morgan fingerprint density at radius 2 is 2.04 bits per heavy atom. The van der Waals surface area contributed by atoms with E-state index in [1.54, 1.807) is 28.1 Å². The number of hydrogen-bond acceptors (Lipinski definition) is 6. The lowest BCUT2D eigenvalue weighted by Crippen LogP contribution is -2.48. The van der Waals surface area contributed by atoms with Crippen LogP contribution in [0.25, 0.3) is 0 Å².